The van der Waals surface area contributed by atoms with E-state index >= 15 is 0 Å². The summed E-state index contributed by atoms with van der Waals surface area (Å²) in [4.78, 5) is 0. The maximum atomic E-state index is 13.8. The summed E-state index contributed by atoms with van der Waals surface area (Å²) in [5, 5.41) is 10.1. The average Bonchev–Trinajstić information content (AvgIpc) is 2.29. The van der Waals surface area contributed by atoms with Crippen molar-refractivity contribution in [3.8, 4) is 0 Å². The lowest BCUT2D eigenvalue weighted by Gasteiger charge is -2.44. The lowest BCUT2D eigenvalue weighted by molar-refractivity contribution is -0.148. The second kappa shape index (κ2) is 5.23. The summed E-state index contributed by atoms with van der Waals surface area (Å²) in [7, 11) is 1.52. The third kappa shape index (κ3) is 2.31. The van der Waals surface area contributed by atoms with Crippen molar-refractivity contribution in [3.05, 3.63) is 33.8 Å². The summed E-state index contributed by atoms with van der Waals surface area (Å²) in [6.07, 6.45) is 1.44. The molecular weight excluding hydrogens is 306 g/mol. The normalized spacial score (nSPS) is 19.4. The van der Waals surface area contributed by atoms with E-state index in [4.69, 9.17) is 4.74 Å². The van der Waals surface area contributed by atoms with Crippen molar-refractivity contribution < 1.29 is 18.6 Å². The topological polar surface area (TPSA) is 29.5 Å². The molecule has 1 aliphatic rings. The Labute approximate surface area is 113 Å². The smallest absolute Gasteiger partial charge is 0.143 e. The van der Waals surface area contributed by atoms with Gasteiger partial charge in [0.1, 0.15) is 11.6 Å². The van der Waals surface area contributed by atoms with E-state index in [1.807, 2.05) is 0 Å². The van der Waals surface area contributed by atoms with E-state index < -0.39 is 23.3 Å². The molecule has 0 bridgehead atoms. The van der Waals surface area contributed by atoms with Crippen LogP contribution in [0.3, 0.4) is 0 Å². The van der Waals surface area contributed by atoms with E-state index in [1.165, 1.54) is 19.2 Å². The second-order valence-electron chi connectivity index (χ2n) is 4.66. The van der Waals surface area contributed by atoms with Crippen molar-refractivity contribution in [1.29, 1.82) is 0 Å². The maximum absolute atomic E-state index is 13.8. The van der Waals surface area contributed by atoms with Crippen LogP contribution < -0.4 is 0 Å². The van der Waals surface area contributed by atoms with Crippen LogP contribution in [0.15, 0.2) is 16.6 Å². The van der Waals surface area contributed by atoms with Gasteiger partial charge < -0.3 is 9.84 Å². The first-order valence-electron chi connectivity index (χ1n) is 5.86. The van der Waals surface area contributed by atoms with Crippen LogP contribution >= 0.6 is 15.9 Å². The number of benzene rings is 1. The zero-order chi connectivity index (χ0) is 13.3. The molecule has 1 aromatic carbocycles. The Morgan fingerprint density at radius 1 is 1.44 bits per heavy atom. The van der Waals surface area contributed by atoms with Gasteiger partial charge >= 0.3 is 0 Å². The highest BCUT2D eigenvalue weighted by Crippen LogP contribution is 2.39. The predicted molar refractivity (Wildman–Crippen MR) is 67.4 cm³/mol. The SMILES string of the molecule is COC1(C(O)Cc2c(F)ccc(Br)c2F)CCC1. The van der Waals surface area contributed by atoms with Gasteiger partial charge in [0.05, 0.1) is 16.2 Å². The molecule has 18 heavy (non-hydrogen) atoms. The minimum absolute atomic E-state index is 0.0784. The second-order valence-corrected chi connectivity index (χ2v) is 5.52. The van der Waals surface area contributed by atoms with E-state index in [1.54, 1.807) is 0 Å². The first kappa shape index (κ1) is 13.9. The molecule has 2 rings (SSSR count). The molecule has 0 saturated heterocycles. The van der Waals surface area contributed by atoms with Crippen molar-refractivity contribution in [2.45, 2.75) is 37.4 Å². The van der Waals surface area contributed by atoms with Crippen LogP contribution in [-0.4, -0.2) is 23.9 Å². The summed E-state index contributed by atoms with van der Waals surface area (Å²) >= 11 is 3.01. The Balaban J connectivity index is 2.21. The summed E-state index contributed by atoms with van der Waals surface area (Å²) in [5.74, 6) is -1.29. The van der Waals surface area contributed by atoms with Crippen LogP contribution in [0.25, 0.3) is 0 Å². The molecule has 1 aliphatic carbocycles. The number of rotatable bonds is 4. The first-order chi connectivity index (χ1) is 8.50. The van der Waals surface area contributed by atoms with Crippen molar-refractivity contribution in [1.82, 2.24) is 0 Å². The maximum Gasteiger partial charge on any atom is 0.143 e. The number of hydrogen-bond acceptors (Lipinski definition) is 2. The van der Waals surface area contributed by atoms with Crippen LogP contribution in [0.2, 0.25) is 0 Å². The number of methoxy groups -OCH3 is 1. The standard InChI is InChI=1S/C13H15BrF2O2/c1-18-13(5-2-6-13)11(17)7-8-10(15)4-3-9(14)12(8)16/h3-4,11,17H,2,5-7H2,1H3. The monoisotopic (exact) mass is 320 g/mol. The molecule has 0 heterocycles. The van der Waals surface area contributed by atoms with Gasteiger partial charge in [0.15, 0.2) is 0 Å². The number of aliphatic hydroxyl groups excluding tert-OH is 1. The van der Waals surface area contributed by atoms with Gasteiger partial charge in [-0.1, -0.05) is 0 Å². The fraction of sp³-hybridized carbons (Fsp3) is 0.538. The summed E-state index contributed by atoms with van der Waals surface area (Å²) in [6.45, 7) is 0. The number of hydrogen-bond donors (Lipinski definition) is 1. The Morgan fingerprint density at radius 3 is 2.61 bits per heavy atom. The highest BCUT2D eigenvalue weighted by Gasteiger charge is 2.44. The van der Waals surface area contributed by atoms with E-state index in [0.717, 1.165) is 19.3 Å². The molecule has 0 aliphatic heterocycles. The van der Waals surface area contributed by atoms with Gasteiger partial charge in [-0.05, 0) is 47.3 Å². The summed E-state index contributed by atoms with van der Waals surface area (Å²) < 4.78 is 32.9. The van der Waals surface area contributed by atoms with Crippen molar-refractivity contribution >= 4 is 15.9 Å². The zero-order valence-corrected chi connectivity index (χ0v) is 11.6. The van der Waals surface area contributed by atoms with Crippen LogP contribution in [0.4, 0.5) is 8.78 Å². The number of ether oxygens (including phenoxy) is 1. The predicted octanol–water partition coefficient (Wildman–Crippen LogP) is 3.20. The van der Waals surface area contributed by atoms with Gasteiger partial charge in [-0.15, -0.1) is 0 Å². The molecule has 2 nitrogen and oxygen atoms in total. The van der Waals surface area contributed by atoms with E-state index in [0.29, 0.717) is 0 Å². The van der Waals surface area contributed by atoms with Gasteiger partial charge in [-0.2, -0.15) is 0 Å². The molecule has 100 valence electrons. The molecular formula is C13H15BrF2O2. The van der Waals surface area contributed by atoms with E-state index in [9.17, 15) is 13.9 Å². The van der Waals surface area contributed by atoms with Crippen LogP contribution in [-0.2, 0) is 11.2 Å². The Kier molecular flexibility index (Phi) is 4.04. The lowest BCUT2D eigenvalue weighted by atomic mass is 9.74. The van der Waals surface area contributed by atoms with Gasteiger partial charge in [0.2, 0.25) is 0 Å². The Bertz CT molecular complexity index is 441. The summed E-state index contributed by atoms with van der Waals surface area (Å²) in [5.41, 5.74) is -0.735. The largest absolute Gasteiger partial charge is 0.390 e. The molecule has 1 unspecified atom stereocenters. The third-order valence-corrected chi connectivity index (χ3v) is 4.36. The van der Waals surface area contributed by atoms with Crippen molar-refractivity contribution in [2.75, 3.05) is 7.11 Å². The van der Waals surface area contributed by atoms with Crippen molar-refractivity contribution in [3.63, 3.8) is 0 Å². The summed E-state index contributed by atoms with van der Waals surface area (Å²) in [6, 6.07) is 2.51. The van der Waals surface area contributed by atoms with Crippen LogP contribution in [0.1, 0.15) is 24.8 Å². The molecule has 0 aromatic heterocycles. The average molecular weight is 321 g/mol. The van der Waals surface area contributed by atoms with Crippen LogP contribution in [0, 0.1) is 11.6 Å². The fourth-order valence-corrected chi connectivity index (χ4v) is 2.71. The highest BCUT2D eigenvalue weighted by atomic mass is 79.9. The molecule has 1 N–H and O–H groups in total. The Hall–Kier alpha value is -0.520. The quantitative estimate of drug-likeness (QED) is 0.863. The molecule has 1 saturated carbocycles. The van der Waals surface area contributed by atoms with Gasteiger partial charge in [-0.3, -0.25) is 0 Å². The Morgan fingerprint density at radius 2 is 2.11 bits per heavy atom. The minimum atomic E-state index is -0.894. The van der Waals surface area contributed by atoms with Crippen molar-refractivity contribution in [2.24, 2.45) is 0 Å². The lowest BCUT2D eigenvalue weighted by Crippen LogP contribution is -2.51. The number of halogens is 3. The molecule has 0 radical (unpaired) electrons. The highest BCUT2D eigenvalue weighted by molar-refractivity contribution is 9.10. The zero-order valence-electron chi connectivity index (χ0n) is 10.0. The van der Waals surface area contributed by atoms with E-state index in [2.05, 4.69) is 15.9 Å². The van der Waals surface area contributed by atoms with Gasteiger partial charge in [0.25, 0.3) is 0 Å². The first-order valence-corrected chi connectivity index (χ1v) is 6.65. The fourth-order valence-electron chi connectivity index (χ4n) is 2.33. The molecule has 1 fully saturated rings. The molecule has 1 atom stereocenters. The van der Waals surface area contributed by atoms with Gasteiger partial charge in [-0.25, -0.2) is 8.78 Å². The number of aliphatic hydroxyl groups is 1. The third-order valence-electron chi connectivity index (χ3n) is 3.75. The van der Waals surface area contributed by atoms with Crippen LogP contribution in [0.5, 0.6) is 0 Å². The molecule has 5 heteroatoms. The molecule has 0 spiro atoms. The molecule has 1 aromatic rings. The van der Waals surface area contributed by atoms with E-state index in [-0.39, 0.29) is 16.5 Å². The minimum Gasteiger partial charge on any atom is -0.390 e. The molecule has 0 amide bonds. The van der Waals surface area contributed by atoms with Gasteiger partial charge in [0, 0.05) is 19.1 Å².